The Bertz CT molecular complexity index is 784. The van der Waals surface area contributed by atoms with Crippen LogP contribution < -0.4 is 0 Å². The third-order valence-corrected chi connectivity index (χ3v) is 3.53. The molecule has 0 N–H and O–H groups in total. The quantitative estimate of drug-likeness (QED) is 0.601. The second-order valence-electron chi connectivity index (χ2n) is 5.22. The molecule has 2 aromatic rings. The number of aromatic nitrogens is 1. The molecule has 0 radical (unpaired) electrons. The number of hydrogen-bond acceptors (Lipinski definition) is 5. The van der Waals surface area contributed by atoms with Gasteiger partial charge in [-0.2, -0.15) is 5.26 Å². The summed E-state index contributed by atoms with van der Waals surface area (Å²) in [6.45, 7) is 2.02. The zero-order chi connectivity index (χ0) is 17.5. The number of nitrogens with zero attached hydrogens (tertiary/aromatic N) is 4. The van der Waals surface area contributed by atoms with Crippen molar-refractivity contribution in [3.05, 3.63) is 69.5 Å². The van der Waals surface area contributed by atoms with E-state index >= 15 is 0 Å². The van der Waals surface area contributed by atoms with Crippen molar-refractivity contribution in [3.8, 4) is 6.07 Å². The summed E-state index contributed by atoms with van der Waals surface area (Å²) in [7, 11) is 0. The fraction of sp³-hybridized carbons (Fsp3) is 0.235. The number of pyridine rings is 1. The summed E-state index contributed by atoms with van der Waals surface area (Å²) in [5.41, 5.74) is 1.05. The standard InChI is InChI=1S/C17H16N4O3/c1-13-5-2-7-15(16(13)21(23)24)17(22)20(10-4-8-18)12-14-6-3-9-19-11-14/h2-3,5-7,9,11H,4,10,12H2,1H3. The fourth-order valence-electron chi connectivity index (χ4n) is 2.39. The van der Waals surface area contributed by atoms with Gasteiger partial charge in [0.25, 0.3) is 11.6 Å². The average Bonchev–Trinajstić information content (AvgIpc) is 2.58. The molecule has 7 heteroatoms. The molecule has 0 fully saturated rings. The first-order chi connectivity index (χ1) is 11.5. The molecule has 0 saturated carbocycles. The lowest BCUT2D eigenvalue weighted by atomic mass is 10.1. The van der Waals surface area contributed by atoms with Gasteiger partial charge in [0.15, 0.2) is 0 Å². The summed E-state index contributed by atoms with van der Waals surface area (Å²) < 4.78 is 0. The molecule has 1 heterocycles. The van der Waals surface area contributed by atoms with Crippen molar-refractivity contribution in [3.63, 3.8) is 0 Å². The van der Waals surface area contributed by atoms with E-state index in [9.17, 15) is 14.9 Å². The first-order valence-electron chi connectivity index (χ1n) is 7.33. The van der Waals surface area contributed by atoms with Crippen LogP contribution in [-0.2, 0) is 6.54 Å². The van der Waals surface area contributed by atoms with Crippen LogP contribution in [0.4, 0.5) is 5.69 Å². The summed E-state index contributed by atoms with van der Waals surface area (Å²) in [5, 5.41) is 20.1. The average molecular weight is 324 g/mol. The van der Waals surface area contributed by atoms with Crippen molar-refractivity contribution in [2.24, 2.45) is 0 Å². The largest absolute Gasteiger partial charge is 0.333 e. The van der Waals surface area contributed by atoms with Gasteiger partial charge in [0, 0.05) is 31.0 Å². The molecular weight excluding hydrogens is 308 g/mol. The molecule has 0 atom stereocenters. The van der Waals surface area contributed by atoms with Gasteiger partial charge in [-0.25, -0.2) is 0 Å². The second kappa shape index (κ2) is 7.83. The van der Waals surface area contributed by atoms with Crippen molar-refractivity contribution < 1.29 is 9.72 Å². The zero-order valence-electron chi connectivity index (χ0n) is 13.2. The van der Waals surface area contributed by atoms with E-state index in [1.54, 1.807) is 37.5 Å². The number of benzene rings is 1. The molecule has 7 nitrogen and oxygen atoms in total. The minimum absolute atomic E-state index is 0.0295. The van der Waals surface area contributed by atoms with Crippen LogP contribution in [0.2, 0.25) is 0 Å². The van der Waals surface area contributed by atoms with E-state index in [2.05, 4.69) is 4.98 Å². The van der Waals surface area contributed by atoms with Gasteiger partial charge >= 0.3 is 0 Å². The number of carbonyl (C=O) groups is 1. The van der Waals surface area contributed by atoms with Crippen LogP contribution in [0.3, 0.4) is 0 Å². The van der Waals surface area contributed by atoms with E-state index in [1.165, 1.54) is 11.0 Å². The highest BCUT2D eigenvalue weighted by molar-refractivity contribution is 5.98. The molecule has 0 aliphatic rings. The molecule has 0 aliphatic heterocycles. The Balaban J connectivity index is 2.36. The van der Waals surface area contributed by atoms with Gasteiger partial charge in [-0.15, -0.1) is 0 Å². The van der Waals surface area contributed by atoms with Crippen LogP contribution in [0.5, 0.6) is 0 Å². The molecule has 0 aliphatic carbocycles. The van der Waals surface area contributed by atoms with E-state index < -0.39 is 10.8 Å². The summed E-state index contributed by atoms with van der Waals surface area (Å²) in [4.78, 5) is 29.0. The van der Waals surface area contributed by atoms with E-state index in [4.69, 9.17) is 5.26 Å². The summed E-state index contributed by atoms with van der Waals surface area (Å²) in [5.74, 6) is -0.468. The van der Waals surface area contributed by atoms with Gasteiger partial charge in [0.05, 0.1) is 17.4 Å². The molecule has 1 aromatic carbocycles. The SMILES string of the molecule is Cc1cccc(C(=O)N(CCC#N)Cc2cccnc2)c1[N+](=O)[O-]. The molecular formula is C17H16N4O3. The number of para-hydroxylation sites is 1. The Morgan fingerprint density at radius 3 is 2.79 bits per heavy atom. The number of amides is 1. The Hall–Kier alpha value is -3.27. The first-order valence-corrected chi connectivity index (χ1v) is 7.33. The lowest BCUT2D eigenvalue weighted by molar-refractivity contribution is -0.385. The lowest BCUT2D eigenvalue weighted by Crippen LogP contribution is -2.32. The van der Waals surface area contributed by atoms with Crippen molar-refractivity contribution in [1.29, 1.82) is 5.26 Å². The Labute approximate surface area is 139 Å². The number of nitriles is 1. The zero-order valence-corrected chi connectivity index (χ0v) is 13.2. The van der Waals surface area contributed by atoms with E-state index in [0.717, 1.165) is 5.56 Å². The van der Waals surface area contributed by atoms with Crippen molar-refractivity contribution >= 4 is 11.6 Å². The number of hydrogen-bond donors (Lipinski definition) is 0. The lowest BCUT2D eigenvalue weighted by Gasteiger charge is -2.22. The maximum atomic E-state index is 12.8. The predicted molar refractivity (Wildman–Crippen MR) is 87.0 cm³/mol. The summed E-state index contributed by atoms with van der Waals surface area (Å²) in [6, 6.07) is 10.2. The van der Waals surface area contributed by atoms with Crippen molar-refractivity contribution in [2.45, 2.75) is 19.9 Å². The highest BCUT2D eigenvalue weighted by Crippen LogP contribution is 2.25. The molecule has 24 heavy (non-hydrogen) atoms. The van der Waals surface area contributed by atoms with Gasteiger partial charge in [-0.1, -0.05) is 18.2 Å². The Kier molecular flexibility index (Phi) is 5.58. The van der Waals surface area contributed by atoms with Gasteiger partial charge in [-0.05, 0) is 24.6 Å². The second-order valence-corrected chi connectivity index (χ2v) is 5.22. The topological polar surface area (TPSA) is 100 Å². The predicted octanol–water partition coefficient (Wildman–Crippen LogP) is 2.85. The third-order valence-electron chi connectivity index (χ3n) is 3.53. The van der Waals surface area contributed by atoms with Crippen molar-refractivity contribution in [2.75, 3.05) is 6.54 Å². The minimum Gasteiger partial charge on any atom is -0.333 e. The molecule has 0 unspecified atom stereocenters. The van der Waals surface area contributed by atoms with Gasteiger partial charge in [-0.3, -0.25) is 19.9 Å². The van der Waals surface area contributed by atoms with Crippen LogP contribution >= 0.6 is 0 Å². The van der Waals surface area contributed by atoms with E-state index in [0.29, 0.717) is 5.56 Å². The number of nitro groups is 1. The molecule has 0 spiro atoms. The third kappa shape index (κ3) is 3.93. The molecule has 2 rings (SSSR count). The molecule has 1 amide bonds. The Morgan fingerprint density at radius 1 is 1.38 bits per heavy atom. The molecule has 1 aromatic heterocycles. The number of nitro benzene ring substituents is 1. The monoisotopic (exact) mass is 324 g/mol. The van der Waals surface area contributed by atoms with Crippen LogP contribution in [0, 0.1) is 28.4 Å². The highest BCUT2D eigenvalue weighted by atomic mass is 16.6. The maximum absolute atomic E-state index is 12.8. The number of aryl methyl sites for hydroxylation is 1. The highest BCUT2D eigenvalue weighted by Gasteiger charge is 2.26. The molecule has 0 saturated heterocycles. The van der Waals surface area contributed by atoms with Gasteiger partial charge in [0.1, 0.15) is 5.56 Å². The Morgan fingerprint density at radius 2 is 2.17 bits per heavy atom. The molecule has 122 valence electrons. The molecule has 0 bridgehead atoms. The van der Waals surface area contributed by atoms with Crippen molar-refractivity contribution in [1.82, 2.24) is 9.88 Å². The van der Waals surface area contributed by atoms with Crippen LogP contribution in [0.15, 0.2) is 42.7 Å². The fourth-order valence-corrected chi connectivity index (χ4v) is 2.39. The number of carbonyl (C=O) groups excluding carboxylic acids is 1. The van der Waals surface area contributed by atoms with Gasteiger partial charge < -0.3 is 4.90 Å². The normalized spacial score (nSPS) is 10.0. The van der Waals surface area contributed by atoms with Crippen LogP contribution in [0.1, 0.15) is 27.9 Å². The smallest absolute Gasteiger partial charge is 0.285 e. The first kappa shape index (κ1) is 17.1. The van der Waals surface area contributed by atoms with Crippen LogP contribution in [-0.4, -0.2) is 27.3 Å². The van der Waals surface area contributed by atoms with Crippen LogP contribution in [0.25, 0.3) is 0 Å². The van der Waals surface area contributed by atoms with Gasteiger partial charge in [0.2, 0.25) is 0 Å². The summed E-state index contributed by atoms with van der Waals surface area (Å²) in [6.07, 6.45) is 3.39. The number of rotatable bonds is 6. The maximum Gasteiger partial charge on any atom is 0.285 e. The summed E-state index contributed by atoms with van der Waals surface area (Å²) >= 11 is 0. The van der Waals surface area contributed by atoms with E-state index in [1.807, 2.05) is 12.1 Å². The minimum atomic E-state index is -0.547. The van der Waals surface area contributed by atoms with E-state index in [-0.39, 0.29) is 30.8 Å².